The molecule has 4 aromatic carbocycles. The van der Waals surface area contributed by atoms with Crippen LogP contribution >= 0.6 is 20.3 Å². The summed E-state index contributed by atoms with van der Waals surface area (Å²) in [5, 5.41) is 11.8. The third-order valence-electron chi connectivity index (χ3n) is 9.48. The zero-order valence-corrected chi connectivity index (χ0v) is 33.8. The Morgan fingerprint density at radius 3 is 1.93 bits per heavy atom. The number of rotatable bonds is 17. The summed E-state index contributed by atoms with van der Waals surface area (Å²) in [6.07, 6.45) is 1.20. The van der Waals surface area contributed by atoms with E-state index in [0.717, 1.165) is 16.7 Å². The van der Waals surface area contributed by atoms with Crippen LogP contribution in [0.3, 0.4) is 0 Å². The van der Waals surface area contributed by atoms with Crippen molar-refractivity contribution in [2.24, 2.45) is 0 Å². The highest BCUT2D eigenvalue weighted by atomic mass is 32.2. The fourth-order valence-corrected chi connectivity index (χ4v) is 10.5. The number of benzene rings is 4. The molecule has 4 atom stereocenters. The molecule has 1 N–H and O–H groups in total. The molecule has 0 bridgehead atoms. The Bertz CT molecular complexity index is 2000. The summed E-state index contributed by atoms with van der Waals surface area (Å²) in [6, 6.07) is 44.2. The Morgan fingerprint density at radius 1 is 0.893 bits per heavy atom. The topological polar surface area (TPSA) is 119 Å². The van der Waals surface area contributed by atoms with Gasteiger partial charge in [-0.3, -0.25) is 9.36 Å². The first-order chi connectivity index (χ1) is 27.2. The van der Waals surface area contributed by atoms with Gasteiger partial charge in [0.05, 0.1) is 36.6 Å². The molecule has 1 aliphatic heterocycles. The molecule has 0 spiro atoms. The number of ether oxygens (including phenoxy) is 1. The van der Waals surface area contributed by atoms with Crippen molar-refractivity contribution in [2.45, 2.75) is 74.9 Å². The molecule has 2 heterocycles. The fourth-order valence-electron chi connectivity index (χ4n) is 7.03. The molecule has 1 fully saturated rings. The second-order valence-corrected chi connectivity index (χ2v) is 16.9. The molecular weight excluding hydrogens is 742 g/mol. The minimum absolute atomic E-state index is 0.123. The second-order valence-electron chi connectivity index (χ2n) is 14.0. The molecule has 1 unspecified atom stereocenters. The van der Waals surface area contributed by atoms with Gasteiger partial charge in [0.15, 0.2) is 0 Å². The van der Waals surface area contributed by atoms with Crippen molar-refractivity contribution < 1.29 is 18.6 Å². The molecule has 0 saturated carbocycles. The molecule has 1 saturated heterocycles. The predicted molar refractivity (Wildman–Crippen MR) is 223 cm³/mol. The third kappa shape index (κ3) is 9.64. The monoisotopic (exact) mass is 789 g/mol. The van der Waals surface area contributed by atoms with Crippen LogP contribution in [0.2, 0.25) is 0 Å². The molecule has 1 amide bonds. The number of carbonyl (C=O) groups is 1. The lowest BCUT2D eigenvalue weighted by molar-refractivity contribution is -0.0217. The van der Waals surface area contributed by atoms with Gasteiger partial charge in [0.2, 0.25) is 0 Å². The number of hydrogen-bond donors (Lipinski definition) is 1. The normalized spacial score (nSPS) is 17.6. The van der Waals surface area contributed by atoms with E-state index >= 15 is 0 Å². The first-order valence-electron chi connectivity index (χ1n) is 18.9. The van der Waals surface area contributed by atoms with Gasteiger partial charge < -0.3 is 19.1 Å². The Morgan fingerprint density at radius 2 is 1.43 bits per heavy atom. The number of nitrogens with zero attached hydrogens (tertiary/aromatic N) is 4. The molecule has 1 aromatic heterocycles. The van der Waals surface area contributed by atoms with Crippen molar-refractivity contribution in [3.8, 4) is 6.07 Å². The molecule has 5 aromatic rings. The standard InChI is InChI=1S/C44H48N5O5PS/c1-32(2)49(33(3)4)55(52-29-17-27-45)53-31-38-39(30-41(54-38)48-28-26-40(47-43(48)51)46-42(50)34-18-9-5-10-19-34)56-44(35-20-11-6-12-21-35,36-22-13-7-14-23-36)37-24-15-8-16-25-37/h5-16,18-26,28,32-33,38-39,41H,17,29-31H2,1-4H3,(H,46,47,50,51)/t38-,39+,41-,55?/m1/s1. The van der Waals surface area contributed by atoms with Crippen molar-refractivity contribution in [1.29, 1.82) is 5.26 Å². The summed E-state index contributed by atoms with van der Waals surface area (Å²) in [7, 11) is -1.55. The summed E-state index contributed by atoms with van der Waals surface area (Å²) in [6.45, 7) is 8.85. The largest absolute Gasteiger partial charge is 0.351 e. The lowest BCUT2D eigenvalue weighted by atomic mass is 9.84. The lowest BCUT2D eigenvalue weighted by Crippen LogP contribution is -2.36. The fraction of sp³-hybridized carbons (Fsp3) is 0.318. The van der Waals surface area contributed by atoms with Crippen molar-refractivity contribution >= 4 is 32.0 Å². The van der Waals surface area contributed by atoms with Gasteiger partial charge in [-0.15, -0.1) is 11.8 Å². The molecular formula is C44H48N5O5PS. The molecule has 10 nitrogen and oxygen atoms in total. The molecule has 12 heteroatoms. The van der Waals surface area contributed by atoms with E-state index in [1.807, 2.05) is 24.3 Å². The van der Waals surface area contributed by atoms with Crippen LogP contribution in [0.1, 0.15) is 73.8 Å². The van der Waals surface area contributed by atoms with Gasteiger partial charge in [-0.1, -0.05) is 109 Å². The average molecular weight is 790 g/mol. The van der Waals surface area contributed by atoms with Crippen LogP contribution in [0.5, 0.6) is 0 Å². The van der Waals surface area contributed by atoms with E-state index in [1.165, 1.54) is 4.57 Å². The van der Waals surface area contributed by atoms with Crippen LogP contribution in [-0.4, -0.2) is 56.8 Å². The number of hydrogen-bond acceptors (Lipinski definition) is 9. The summed E-state index contributed by atoms with van der Waals surface area (Å²) in [5.74, 6) is -0.201. The number of thioether (sulfide) groups is 1. The van der Waals surface area contributed by atoms with E-state index < -0.39 is 31.3 Å². The number of nitriles is 1. The molecule has 56 heavy (non-hydrogen) atoms. The van der Waals surface area contributed by atoms with Crippen LogP contribution in [-0.2, 0) is 18.5 Å². The number of carbonyl (C=O) groups excluding carboxylic acids is 1. The Balaban J connectivity index is 1.37. The zero-order chi connectivity index (χ0) is 39.5. The highest BCUT2D eigenvalue weighted by molar-refractivity contribution is 8.01. The third-order valence-corrected chi connectivity index (χ3v) is 13.4. The van der Waals surface area contributed by atoms with Crippen LogP contribution in [0.25, 0.3) is 0 Å². The van der Waals surface area contributed by atoms with Gasteiger partial charge in [-0.25, -0.2) is 9.46 Å². The minimum atomic E-state index is -1.55. The van der Waals surface area contributed by atoms with Gasteiger partial charge in [-0.05, 0) is 62.6 Å². The summed E-state index contributed by atoms with van der Waals surface area (Å²) < 4.78 is 22.8. The number of nitrogens with one attached hydrogen (secondary N) is 1. The highest BCUT2D eigenvalue weighted by Crippen LogP contribution is 2.54. The van der Waals surface area contributed by atoms with E-state index in [2.05, 4.69) is 122 Å². The van der Waals surface area contributed by atoms with Crippen LogP contribution in [0, 0.1) is 11.3 Å². The van der Waals surface area contributed by atoms with E-state index in [-0.39, 0.29) is 48.7 Å². The predicted octanol–water partition coefficient (Wildman–Crippen LogP) is 9.17. The van der Waals surface area contributed by atoms with Crippen molar-refractivity contribution in [1.82, 2.24) is 14.2 Å². The maximum atomic E-state index is 13.7. The first kappa shape index (κ1) is 41.0. The van der Waals surface area contributed by atoms with E-state index in [0.29, 0.717) is 12.0 Å². The molecule has 1 aliphatic rings. The first-order valence-corrected chi connectivity index (χ1v) is 20.9. The van der Waals surface area contributed by atoms with Gasteiger partial charge in [0.1, 0.15) is 12.0 Å². The van der Waals surface area contributed by atoms with E-state index in [4.69, 9.17) is 13.8 Å². The lowest BCUT2D eigenvalue weighted by Gasteiger charge is -2.39. The second kappa shape index (κ2) is 19.5. The van der Waals surface area contributed by atoms with Crippen LogP contribution in [0.15, 0.2) is 138 Å². The van der Waals surface area contributed by atoms with Crippen molar-refractivity contribution in [2.75, 3.05) is 18.5 Å². The number of amides is 1. The highest BCUT2D eigenvalue weighted by Gasteiger charge is 2.46. The minimum Gasteiger partial charge on any atom is -0.351 e. The van der Waals surface area contributed by atoms with Gasteiger partial charge in [-0.2, -0.15) is 10.2 Å². The zero-order valence-electron chi connectivity index (χ0n) is 32.1. The SMILES string of the molecule is CC(C)N(C(C)C)P(OCCC#N)OC[C@H]1O[C@@H](n2ccc(NC(=O)c3ccccc3)nc2=O)C[C@@H]1SC(c1ccccc1)(c1ccccc1)c1ccccc1. The maximum absolute atomic E-state index is 13.7. The smallest absolute Gasteiger partial charge is 0.351 e. The van der Waals surface area contributed by atoms with E-state index in [1.54, 1.807) is 48.3 Å². The van der Waals surface area contributed by atoms with Crippen LogP contribution in [0.4, 0.5) is 5.82 Å². The Labute approximate surface area is 334 Å². The van der Waals surface area contributed by atoms with Crippen LogP contribution < -0.4 is 11.0 Å². The van der Waals surface area contributed by atoms with Crippen molar-refractivity contribution in [3.05, 3.63) is 166 Å². The van der Waals surface area contributed by atoms with Crippen molar-refractivity contribution in [3.63, 3.8) is 0 Å². The molecule has 0 aliphatic carbocycles. The number of aromatic nitrogens is 2. The molecule has 0 radical (unpaired) electrons. The number of anilines is 1. The quantitative estimate of drug-likeness (QED) is 0.0559. The summed E-state index contributed by atoms with van der Waals surface area (Å²) in [5.41, 5.74) is 3.24. The Kier molecular flexibility index (Phi) is 14.2. The average Bonchev–Trinajstić information content (AvgIpc) is 3.61. The molecule has 6 rings (SSSR count). The molecule has 290 valence electrons. The summed E-state index contributed by atoms with van der Waals surface area (Å²) in [4.78, 5) is 30.8. The van der Waals surface area contributed by atoms with Gasteiger partial charge in [0.25, 0.3) is 14.4 Å². The maximum Gasteiger partial charge on any atom is 0.351 e. The Hall–Kier alpha value is -4.66. The van der Waals surface area contributed by atoms with E-state index in [9.17, 15) is 14.9 Å². The summed E-state index contributed by atoms with van der Waals surface area (Å²) >= 11 is 1.79. The van der Waals surface area contributed by atoms with Gasteiger partial charge in [0, 0.05) is 35.5 Å². The van der Waals surface area contributed by atoms with Gasteiger partial charge >= 0.3 is 5.69 Å².